The monoisotopic (exact) mass is 179 g/mol. The van der Waals surface area contributed by atoms with Crippen LogP contribution >= 0.6 is 0 Å². The third-order valence-corrected chi connectivity index (χ3v) is 2.13. The van der Waals surface area contributed by atoms with Crippen LogP contribution in [0.15, 0.2) is 12.3 Å². The van der Waals surface area contributed by atoms with E-state index in [4.69, 9.17) is 4.74 Å². The summed E-state index contributed by atoms with van der Waals surface area (Å²) in [5.74, 6) is 0.868. The van der Waals surface area contributed by atoms with Gasteiger partial charge in [-0.15, -0.1) is 0 Å². The van der Waals surface area contributed by atoms with Crippen molar-refractivity contribution in [2.24, 2.45) is 0 Å². The van der Waals surface area contributed by atoms with Gasteiger partial charge in [-0.2, -0.15) is 0 Å². The Hall–Kier alpha value is -1.05. The number of hydrogen-bond acceptors (Lipinski definition) is 2. The van der Waals surface area contributed by atoms with E-state index in [2.05, 4.69) is 31.8 Å². The maximum absolute atomic E-state index is 5.22. The van der Waals surface area contributed by atoms with E-state index in [0.29, 0.717) is 0 Å². The molecule has 1 aromatic rings. The first-order valence-electron chi connectivity index (χ1n) is 4.46. The fourth-order valence-corrected chi connectivity index (χ4v) is 1.13. The van der Waals surface area contributed by atoms with Crippen LogP contribution in [0.3, 0.4) is 0 Å². The Kier molecular flexibility index (Phi) is 2.60. The second kappa shape index (κ2) is 3.36. The van der Waals surface area contributed by atoms with Crippen molar-refractivity contribution in [3.63, 3.8) is 0 Å². The molecule has 0 aliphatic rings. The highest BCUT2D eigenvalue weighted by molar-refractivity contribution is 5.33. The zero-order valence-electron chi connectivity index (χ0n) is 9.01. The van der Waals surface area contributed by atoms with E-state index in [0.717, 1.165) is 11.4 Å². The van der Waals surface area contributed by atoms with Crippen molar-refractivity contribution in [3.05, 3.63) is 23.5 Å². The summed E-state index contributed by atoms with van der Waals surface area (Å²) in [5, 5.41) is 0. The number of aryl methyl sites for hydroxylation is 1. The molecule has 0 aliphatic heterocycles. The Bertz CT molecular complexity index is 299. The highest BCUT2D eigenvalue weighted by Crippen LogP contribution is 2.26. The van der Waals surface area contributed by atoms with Crippen molar-refractivity contribution in [1.82, 2.24) is 4.98 Å². The van der Waals surface area contributed by atoms with Crippen LogP contribution in [0.2, 0.25) is 0 Å². The molecule has 1 heterocycles. The van der Waals surface area contributed by atoms with Crippen LogP contribution in [0, 0.1) is 6.92 Å². The highest BCUT2D eigenvalue weighted by atomic mass is 16.5. The lowest BCUT2D eigenvalue weighted by Crippen LogP contribution is -2.12. The van der Waals surface area contributed by atoms with Crippen molar-refractivity contribution in [3.8, 4) is 5.75 Å². The lowest BCUT2D eigenvalue weighted by molar-refractivity contribution is 0.406. The van der Waals surface area contributed by atoms with Gasteiger partial charge < -0.3 is 4.74 Å². The number of nitrogens with zero attached hydrogens (tertiary/aromatic N) is 1. The summed E-state index contributed by atoms with van der Waals surface area (Å²) in [7, 11) is 1.68. The van der Waals surface area contributed by atoms with Gasteiger partial charge in [0, 0.05) is 6.20 Å². The molecule has 0 atom stereocenters. The molecule has 2 nitrogen and oxygen atoms in total. The number of ether oxygens (including phenoxy) is 1. The average Bonchev–Trinajstić information content (AvgIpc) is 2.03. The van der Waals surface area contributed by atoms with E-state index < -0.39 is 0 Å². The predicted molar refractivity (Wildman–Crippen MR) is 54.2 cm³/mol. The van der Waals surface area contributed by atoms with Crippen LogP contribution in [-0.4, -0.2) is 12.1 Å². The van der Waals surface area contributed by atoms with Gasteiger partial charge in [-0.1, -0.05) is 20.8 Å². The summed E-state index contributed by atoms with van der Waals surface area (Å²) in [6.45, 7) is 8.45. The maximum atomic E-state index is 5.22. The van der Waals surface area contributed by atoms with Crippen LogP contribution in [-0.2, 0) is 5.41 Å². The summed E-state index contributed by atoms with van der Waals surface area (Å²) in [6, 6.07) is 2.06. The van der Waals surface area contributed by atoms with E-state index in [9.17, 15) is 0 Å². The molecule has 0 fully saturated rings. The largest absolute Gasteiger partial charge is 0.495 e. The summed E-state index contributed by atoms with van der Waals surface area (Å²) >= 11 is 0. The van der Waals surface area contributed by atoms with E-state index in [1.54, 1.807) is 7.11 Å². The van der Waals surface area contributed by atoms with Gasteiger partial charge in [0.2, 0.25) is 0 Å². The van der Waals surface area contributed by atoms with Gasteiger partial charge in [0.15, 0.2) is 0 Å². The molecule has 0 N–H and O–H groups in total. The molecular weight excluding hydrogens is 162 g/mol. The van der Waals surface area contributed by atoms with Gasteiger partial charge in [-0.05, 0) is 24.0 Å². The molecule has 13 heavy (non-hydrogen) atoms. The standard InChI is InChI=1S/C11H17NO/c1-8-10(13-5)6-9(7-12-8)11(2,3)4/h6-7H,1-5H3. The first-order valence-corrected chi connectivity index (χ1v) is 4.46. The zero-order chi connectivity index (χ0) is 10.1. The minimum atomic E-state index is 0.133. The number of methoxy groups -OCH3 is 1. The molecule has 0 saturated carbocycles. The van der Waals surface area contributed by atoms with Crippen LogP contribution in [0.25, 0.3) is 0 Å². The molecule has 0 aromatic carbocycles. The lowest BCUT2D eigenvalue weighted by Gasteiger charge is -2.19. The van der Waals surface area contributed by atoms with Crippen LogP contribution in [0.5, 0.6) is 5.75 Å². The molecule has 0 unspecified atom stereocenters. The van der Waals surface area contributed by atoms with Crippen LogP contribution in [0.1, 0.15) is 32.0 Å². The van der Waals surface area contributed by atoms with Gasteiger partial charge in [-0.25, -0.2) is 0 Å². The minimum absolute atomic E-state index is 0.133. The van der Waals surface area contributed by atoms with Crippen molar-refractivity contribution in [1.29, 1.82) is 0 Å². The fraction of sp³-hybridized carbons (Fsp3) is 0.545. The first kappa shape index (κ1) is 10.0. The molecule has 0 aliphatic carbocycles. The van der Waals surface area contributed by atoms with E-state index in [-0.39, 0.29) is 5.41 Å². The highest BCUT2D eigenvalue weighted by Gasteiger charge is 2.15. The topological polar surface area (TPSA) is 22.1 Å². The number of hydrogen-bond donors (Lipinski definition) is 0. The maximum Gasteiger partial charge on any atom is 0.140 e. The second-order valence-corrected chi connectivity index (χ2v) is 4.26. The van der Waals surface area contributed by atoms with Crippen LogP contribution in [0.4, 0.5) is 0 Å². The molecule has 72 valence electrons. The molecule has 1 rings (SSSR count). The Morgan fingerprint density at radius 2 is 1.92 bits per heavy atom. The zero-order valence-corrected chi connectivity index (χ0v) is 9.01. The Morgan fingerprint density at radius 1 is 1.31 bits per heavy atom. The van der Waals surface area contributed by atoms with Gasteiger partial charge in [-0.3, -0.25) is 4.98 Å². The summed E-state index contributed by atoms with van der Waals surface area (Å²) in [6.07, 6.45) is 1.91. The molecule has 0 amide bonds. The third-order valence-electron chi connectivity index (χ3n) is 2.13. The summed E-state index contributed by atoms with van der Waals surface area (Å²) in [5.41, 5.74) is 2.28. The molecule has 0 spiro atoms. The van der Waals surface area contributed by atoms with Gasteiger partial charge in [0.05, 0.1) is 12.8 Å². The molecule has 0 radical (unpaired) electrons. The van der Waals surface area contributed by atoms with Gasteiger partial charge in [0.25, 0.3) is 0 Å². The third kappa shape index (κ3) is 2.20. The molecule has 0 saturated heterocycles. The molecule has 0 bridgehead atoms. The smallest absolute Gasteiger partial charge is 0.140 e. The van der Waals surface area contributed by atoms with E-state index >= 15 is 0 Å². The Balaban J connectivity index is 3.14. The molecule has 2 heteroatoms. The average molecular weight is 179 g/mol. The lowest BCUT2D eigenvalue weighted by atomic mass is 9.88. The summed E-state index contributed by atoms with van der Waals surface area (Å²) in [4.78, 5) is 4.29. The molecular formula is C11H17NO. The minimum Gasteiger partial charge on any atom is -0.495 e. The SMILES string of the molecule is COc1cc(C(C)(C)C)cnc1C. The number of rotatable bonds is 1. The predicted octanol–water partition coefficient (Wildman–Crippen LogP) is 2.70. The normalized spacial score (nSPS) is 11.5. The van der Waals surface area contributed by atoms with Crippen molar-refractivity contribution >= 4 is 0 Å². The number of pyridine rings is 1. The van der Waals surface area contributed by atoms with Crippen LogP contribution < -0.4 is 4.74 Å². The van der Waals surface area contributed by atoms with E-state index in [1.807, 2.05) is 13.1 Å². The second-order valence-electron chi connectivity index (χ2n) is 4.26. The fourth-order valence-electron chi connectivity index (χ4n) is 1.13. The summed E-state index contributed by atoms with van der Waals surface area (Å²) < 4.78 is 5.22. The molecule has 1 aromatic heterocycles. The number of aromatic nitrogens is 1. The van der Waals surface area contributed by atoms with E-state index in [1.165, 1.54) is 5.56 Å². The Morgan fingerprint density at radius 3 is 2.38 bits per heavy atom. The van der Waals surface area contributed by atoms with Gasteiger partial charge in [0.1, 0.15) is 5.75 Å². The quantitative estimate of drug-likeness (QED) is 0.661. The van der Waals surface area contributed by atoms with Gasteiger partial charge >= 0.3 is 0 Å². The van der Waals surface area contributed by atoms with Crippen molar-refractivity contribution in [2.75, 3.05) is 7.11 Å². The Labute approximate surface area is 80.0 Å². The van der Waals surface area contributed by atoms with Crippen molar-refractivity contribution in [2.45, 2.75) is 33.1 Å². The first-order chi connectivity index (χ1) is 5.95. The van der Waals surface area contributed by atoms with Crippen molar-refractivity contribution < 1.29 is 4.74 Å².